The molecule has 0 aliphatic rings. The van der Waals surface area contributed by atoms with Gasteiger partial charge in [0.2, 0.25) is 0 Å². The highest BCUT2D eigenvalue weighted by Crippen LogP contribution is 2.21. The summed E-state index contributed by atoms with van der Waals surface area (Å²) in [6.45, 7) is 5.17. The van der Waals surface area contributed by atoms with Gasteiger partial charge in [-0.3, -0.25) is 4.68 Å². The smallest absolute Gasteiger partial charge is 0.145 e. The van der Waals surface area contributed by atoms with E-state index >= 15 is 0 Å². The van der Waals surface area contributed by atoms with Crippen LogP contribution in [0.2, 0.25) is 0 Å². The quantitative estimate of drug-likeness (QED) is 0.845. The molecular weight excluding hydrogens is 230 g/mol. The molecule has 90 valence electrons. The van der Waals surface area contributed by atoms with E-state index in [-0.39, 0.29) is 0 Å². The molecule has 0 aliphatic heterocycles. The van der Waals surface area contributed by atoms with E-state index in [0.29, 0.717) is 5.82 Å². The van der Waals surface area contributed by atoms with Crippen LogP contribution in [0.4, 0.5) is 5.82 Å². The Hall–Kier alpha value is -1.42. The number of hydrogen-bond acceptors (Lipinski definition) is 3. The third-order valence-corrected chi connectivity index (χ3v) is 3.70. The maximum atomic E-state index is 5.56. The number of aromatic nitrogens is 2. The van der Waals surface area contributed by atoms with Crippen LogP contribution in [0.25, 0.3) is 0 Å². The number of nitrogens with two attached hydrogens (primary N) is 1. The molecular formula is C13H17N3S. The molecule has 1 aromatic heterocycles. The Balaban J connectivity index is 1.87. The van der Waals surface area contributed by atoms with Gasteiger partial charge in [0, 0.05) is 16.8 Å². The van der Waals surface area contributed by atoms with Gasteiger partial charge in [0.05, 0.1) is 6.54 Å². The molecule has 0 spiro atoms. The Kier molecular flexibility index (Phi) is 3.74. The van der Waals surface area contributed by atoms with Crippen molar-refractivity contribution in [1.29, 1.82) is 0 Å². The molecule has 0 unspecified atom stereocenters. The lowest BCUT2D eigenvalue weighted by atomic mass is 10.1. The van der Waals surface area contributed by atoms with Crippen LogP contribution in [-0.2, 0) is 6.54 Å². The Morgan fingerprint density at radius 2 is 2.06 bits per heavy atom. The lowest BCUT2D eigenvalue weighted by Gasteiger charge is -2.05. The van der Waals surface area contributed by atoms with Crippen molar-refractivity contribution in [3.8, 4) is 0 Å². The van der Waals surface area contributed by atoms with Crippen molar-refractivity contribution < 1.29 is 0 Å². The maximum absolute atomic E-state index is 5.56. The number of rotatable bonds is 4. The second-order valence-corrected chi connectivity index (χ2v) is 5.27. The predicted molar refractivity (Wildman–Crippen MR) is 73.3 cm³/mol. The number of benzene rings is 1. The number of aryl methyl sites for hydroxylation is 3. The standard InChI is InChI=1S/C13H17N3S/c1-10-3-4-12(9-11(10)2)17-8-7-16-6-5-13(14)15-16/h3-6,9H,7-8H2,1-2H3,(H2,14,15). The Morgan fingerprint density at radius 3 is 2.71 bits per heavy atom. The van der Waals surface area contributed by atoms with Gasteiger partial charge in [-0.2, -0.15) is 5.10 Å². The van der Waals surface area contributed by atoms with Crippen molar-refractivity contribution in [1.82, 2.24) is 9.78 Å². The van der Waals surface area contributed by atoms with Crippen molar-refractivity contribution in [3.63, 3.8) is 0 Å². The van der Waals surface area contributed by atoms with Gasteiger partial charge < -0.3 is 5.73 Å². The van der Waals surface area contributed by atoms with Gasteiger partial charge in [-0.1, -0.05) is 6.07 Å². The second-order valence-electron chi connectivity index (χ2n) is 4.10. The van der Waals surface area contributed by atoms with Gasteiger partial charge >= 0.3 is 0 Å². The first kappa shape index (κ1) is 12.0. The lowest BCUT2D eigenvalue weighted by Crippen LogP contribution is -2.01. The van der Waals surface area contributed by atoms with Gasteiger partial charge in [0.1, 0.15) is 5.82 Å². The summed E-state index contributed by atoms with van der Waals surface area (Å²) in [4.78, 5) is 1.31. The van der Waals surface area contributed by atoms with E-state index in [1.807, 2.05) is 28.7 Å². The lowest BCUT2D eigenvalue weighted by molar-refractivity contribution is 0.669. The molecule has 0 saturated carbocycles. The fraction of sp³-hybridized carbons (Fsp3) is 0.308. The van der Waals surface area contributed by atoms with Crippen LogP contribution in [0.15, 0.2) is 35.4 Å². The van der Waals surface area contributed by atoms with E-state index < -0.39 is 0 Å². The summed E-state index contributed by atoms with van der Waals surface area (Å²) in [6.07, 6.45) is 1.91. The summed E-state index contributed by atoms with van der Waals surface area (Å²) in [6, 6.07) is 8.39. The Labute approximate surface area is 106 Å². The zero-order valence-corrected chi connectivity index (χ0v) is 11.0. The van der Waals surface area contributed by atoms with Gasteiger partial charge in [0.15, 0.2) is 0 Å². The average Bonchev–Trinajstić information content (AvgIpc) is 2.70. The molecule has 0 fully saturated rings. The number of anilines is 1. The van der Waals surface area contributed by atoms with E-state index in [9.17, 15) is 0 Å². The van der Waals surface area contributed by atoms with E-state index in [2.05, 4.69) is 37.1 Å². The normalized spacial score (nSPS) is 10.7. The van der Waals surface area contributed by atoms with Crippen LogP contribution in [0.1, 0.15) is 11.1 Å². The molecule has 0 saturated heterocycles. The number of thioether (sulfide) groups is 1. The summed E-state index contributed by atoms with van der Waals surface area (Å²) < 4.78 is 1.88. The highest BCUT2D eigenvalue weighted by atomic mass is 32.2. The van der Waals surface area contributed by atoms with Gasteiger partial charge in [0.25, 0.3) is 0 Å². The van der Waals surface area contributed by atoms with Crippen LogP contribution < -0.4 is 5.73 Å². The molecule has 0 aliphatic carbocycles. The fourth-order valence-corrected chi connectivity index (χ4v) is 2.50. The second kappa shape index (κ2) is 5.27. The van der Waals surface area contributed by atoms with Crippen LogP contribution in [-0.4, -0.2) is 15.5 Å². The molecule has 2 N–H and O–H groups in total. The van der Waals surface area contributed by atoms with Crippen molar-refractivity contribution in [3.05, 3.63) is 41.6 Å². The molecule has 2 aromatic rings. The molecule has 3 nitrogen and oxygen atoms in total. The zero-order chi connectivity index (χ0) is 12.3. The topological polar surface area (TPSA) is 43.8 Å². The van der Waals surface area contributed by atoms with E-state index in [1.165, 1.54) is 16.0 Å². The Bertz CT molecular complexity index is 505. The largest absolute Gasteiger partial charge is 0.382 e. The molecule has 17 heavy (non-hydrogen) atoms. The molecule has 2 rings (SSSR count). The highest BCUT2D eigenvalue weighted by molar-refractivity contribution is 7.99. The molecule has 1 aromatic carbocycles. The summed E-state index contributed by atoms with van der Waals surface area (Å²) >= 11 is 1.85. The minimum atomic E-state index is 0.584. The van der Waals surface area contributed by atoms with Crippen molar-refractivity contribution in [2.45, 2.75) is 25.3 Å². The Morgan fingerprint density at radius 1 is 1.24 bits per heavy atom. The summed E-state index contributed by atoms with van der Waals surface area (Å²) in [7, 11) is 0. The van der Waals surface area contributed by atoms with Crippen molar-refractivity contribution >= 4 is 17.6 Å². The maximum Gasteiger partial charge on any atom is 0.145 e. The van der Waals surface area contributed by atoms with Crippen LogP contribution in [0, 0.1) is 13.8 Å². The minimum absolute atomic E-state index is 0.584. The van der Waals surface area contributed by atoms with E-state index in [4.69, 9.17) is 5.73 Å². The first-order valence-corrected chi connectivity index (χ1v) is 6.63. The average molecular weight is 247 g/mol. The highest BCUT2D eigenvalue weighted by Gasteiger charge is 1.99. The first-order chi connectivity index (χ1) is 8.15. The van der Waals surface area contributed by atoms with Gasteiger partial charge in [-0.05, 0) is 43.2 Å². The fourth-order valence-electron chi connectivity index (χ4n) is 1.56. The van der Waals surface area contributed by atoms with E-state index in [0.717, 1.165) is 12.3 Å². The van der Waals surface area contributed by atoms with Crippen LogP contribution in [0.5, 0.6) is 0 Å². The molecule has 0 amide bonds. The van der Waals surface area contributed by atoms with Crippen molar-refractivity contribution in [2.75, 3.05) is 11.5 Å². The number of hydrogen-bond donors (Lipinski definition) is 1. The SMILES string of the molecule is Cc1ccc(SCCn2ccc(N)n2)cc1C. The first-order valence-electron chi connectivity index (χ1n) is 5.64. The van der Waals surface area contributed by atoms with Gasteiger partial charge in [-0.15, -0.1) is 11.8 Å². The van der Waals surface area contributed by atoms with E-state index in [1.54, 1.807) is 0 Å². The third-order valence-electron chi connectivity index (χ3n) is 2.73. The monoisotopic (exact) mass is 247 g/mol. The minimum Gasteiger partial charge on any atom is -0.382 e. The van der Waals surface area contributed by atoms with Gasteiger partial charge in [-0.25, -0.2) is 0 Å². The molecule has 4 heteroatoms. The molecule has 0 bridgehead atoms. The molecule has 0 radical (unpaired) electrons. The molecule has 0 atom stereocenters. The predicted octanol–water partition coefficient (Wildman–Crippen LogP) is 2.87. The van der Waals surface area contributed by atoms with Crippen molar-refractivity contribution in [2.24, 2.45) is 0 Å². The van der Waals surface area contributed by atoms with Crippen LogP contribution in [0.3, 0.4) is 0 Å². The summed E-state index contributed by atoms with van der Waals surface area (Å²) in [5.41, 5.74) is 8.25. The number of nitrogens with zero attached hydrogens (tertiary/aromatic N) is 2. The zero-order valence-electron chi connectivity index (χ0n) is 10.2. The third kappa shape index (κ3) is 3.27. The summed E-state index contributed by atoms with van der Waals surface area (Å²) in [5.74, 6) is 1.59. The number of nitrogen functional groups attached to an aromatic ring is 1. The molecule has 1 heterocycles. The van der Waals surface area contributed by atoms with Crippen LogP contribution >= 0.6 is 11.8 Å². The summed E-state index contributed by atoms with van der Waals surface area (Å²) in [5, 5.41) is 4.15.